The molecule has 10 heteroatoms. The first kappa shape index (κ1) is 23.4. The highest BCUT2D eigenvalue weighted by Gasteiger charge is 2.24. The van der Waals surface area contributed by atoms with Gasteiger partial charge >= 0.3 is 0 Å². The summed E-state index contributed by atoms with van der Waals surface area (Å²) in [5.74, 6) is 1.04. The minimum absolute atomic E-state index is 0.00372. The molecule has 0 bridgehead atoms. The van der Waals surface area contributed by atoms with Crippen LogP contribution in [0.3, 0.4) is 0 Å². The smallest absolute Gasteiger partial charge is 0.262 e. The molecule has 5 rings (SSSR count). The number of hydrogen-bond acceptors (Lipinski definition) is 9. The van der Waals surface area contributed by atoms with E-state index in [1.165, 1.54) is 0 Å². The number of β-amino-alcohol motifs (C(OH)–C–C–N with tert-alkyl or cyclic N) is 1. The van der Waals surface area contributed by atoms with Crippen LogP contribution in [-0.2, 0) is 16.1 Å². The molecule has 1 fully saturated rings. The van der Waals surface area contributed by atoms with Crippen molar-refractivity contribution in [3.05, 3.63) is 53.7 Å². The molecule has 2 atom stereocenters. The fourth-order valence-electron chi connectivity index (χ4n) is 4.44. The van der Waals surface area contributed by atoms with E-state index in [-0.39, 0.29) is 18.6 Å². The molecule has 1 amide bonds. The van der Waals surface area contributed by atoms with Crippen LogP contribution in [0.5, 0.6) is 11.6 Å². The van der Waals surface area contributed by atoms with Crippen molar-refractivity contribution in [3.63, 3.8) is 0 Å². The van der Waals surface area contributed by atoms with Crippen molar-refractivity contribution >= 4 is 22.6 Å². The normalized spacial score (nSPS) is 19.0. The van der Waals surface area contributed by atoms with Gasteiger partial charge in [-0.25, -0.2) is 4.98 Å². The molecule has 0 aliphatic carbocycles. The number of amides is 1. The Labute approximate surface area is 203 Å². The van der Waals surface area contributed by atoms with Crippen LogP contribution in [0.4, 0.5) is 5.69 Å². The topological polar surface area (TPSA) is 118 Å². The number of ether oxygens (including phenoxy) is 3. The standard InChI is InChI=1S/C25H29N5O5/c1-33-24-5-3-19-25(29-24)18(6-7-27-19)21(31)14-30-8-9-34-17(13-30)12-26-11-16-2-4-22-20(10-16)28-23(32)15-35-22/h2-7,10,17,21,26,31H,8-9,11-15H2,1H3,(H,28,32). The van der Waals surface area contributed by atoms with Gasteiger partial charge in [-0.3, -0.25) is 14.7 Å². The number of methoxy groups -OCH3 is 1. The maximum absolute atomic E-state index is 11.5. The summed E-state index contributed by atoms with van der Waals surface area (Å²) in [7, 11) is 1.57. The van der Waals surface area contributed by atoms with Gasteiger partial charge < -0.3 is 30.0 Å². The monoisotopic (exact) mass is 479 g/mol. The Hall–Kier alpha value is -3.31. The van der Waals surface area contributed by atoms with Crippen molar-refractivity contribution in [3.8, 4) is 11.6 Å². The Morgan fingerprint density at radius 3 is 3.11 bits per heavy atom. The molecule has 0 spiro atoms. The van der Waals surface area contributed by atoms with E-state index in [9.17, 15) is 9.90 Å². The molecule has 184 valence electrons. The van der Waals surface area contributed by atoms with Gasteiger partial charge in [-0.1, -0.05) is 6.07 Å². The second kappa shape index (κ2) is 10.5. The van der Waals surface area contributed by atoms with Crippen molar-refractivity contribution in [2.75, 3.05) is 51.8 Å². The Balaban J connectivity index is 1.15. The number of morpholine rings is 1. The van der Waals surface area contributed by atoms with E-state index in [1.54, 1.807) is 19.4 Å². The summed E-state index contributed by atoms with van der Waals surface area (Å²) in [5.41, 5.74) is 3.85. The SMILES string of the molecule is COc1ccc2nccc(C(O)CN3CCOC(CNCc4ccc5c(c4)NC(=O)CO5)C3)c2n1. The molecule has 3 aromatic rings. The quantitative estimate of drug-likeness (QED) is 0.442. The molecule has 0 saturated carbocycles. The van der Waals surface area contributed by atoms with Gasteiger partial charge in [0.15, 0.2) is 6.61 Å². The zero-order valence-electron chi connectivity index (χ0n) is 19.6. The molecule has 2 unspecified atom stereocenters. The first-order valence-electron chi connectivity index (χ1n) is 11.7. The molecule has 2 aliphatic rings. The Bertz CT molecular complexity index is 1210. The van der Waals surface area contributed by atoms with Crippen molar-refractivity contribution in [1.29, 1.82) is 0 Å². The number of hydrogen-bond donors (Lipinski definition) is 3. The fraction of sp³-hybridized carbons (Fsp3) is 0.400. The van der Waals surface area contributed by atoms with Crippen molar-refractivity contribution in [1.82, 2.24) is 20.2 Å². The zero-order chi connectivity index (χ0) is 24.2. The maximum atomic E-state index is 11.5. The summed E-state index contributed by atoms with van der Waals surface area (Å²) in [6.45, 7) is 3.89. The molecule has 1 aromatic carbocycles. The summed E-state index contributed by atoms with van der Waals surface area (Å²) in [6.07, 6.45) is 0.989. The molecular formula is C25H29N5O5. The third-order valence-corrected chi connectivity index (χ3v) is 6.19. The molecule has 3 N–H and O–H groups in total. The molecule has 2 aliphatic heterocycles. The van der Waals surface area contributed by atoms with Crippen molar-refractivity contribution < 1.29 is 24.1 Å². The minimum atomic E-state index is -0.709. The number of nitrogens with one attached hydrogen (secondary N) is 2. The van der Waals surface area contributed by atoms with E-state index in [1.807, 2.05) is 30.3 Å². The third kappa shape index (κ3) is 5.51. The first-order valence-corrected chi connectivity index (χ1v) is 11.7. The Morgan fingerprint density at radius 1 is 1.31 bits per heavy atom. The van der Waals surface area contributed by atoms with E-state index in [0.29, 0.717) is 55.6 Å². The van der Waals surface area contributed by atoms with Crippen molar-refractivity contribution in [2.24, 2.45) is 0 Å². The number of rotatable bonds is 8. The van der Waals surface area contributed by atoms with Crippen LogP contribution in [0, 0.1) is 0 Å². The second-order valence-corrected chi connectivity index (χ2v) is 8.69. The Morgan fingerprint density at radius 2 is 2.23 bits per heavy atom. The fourth-order valence-corrected chi connectivity index (χ4v) is 4.44. The van der Waals surface area contributed by atoms with Gasteiger partial charge in [-0.05, 0) is 29.8 Å². The van der Waals surface area contributed by atoms with Gasteiger partial charge in [0.25, 0.3) is 5.91 Å². The molecule has 2 aromatic heterocycles. The van der Waals surface area contributed by atoms with Gasteiger partial charge in [0.05, 0.1) is 42.6 Å². The summed E-state index contributed by atoms with van der Waals surface area (Å²) < 4.78 is 16.6. The average molecular weight is 480 g/mol. The number of anilines is 1. The number of aliphatic hydroxyl groups is 1. The highest BCUT2D eigenvalue weighted by molar-refractivity contribution is 5.95. The number of benzene rings is 1. The Kier molecular flexibility index (Phi) is 7.05. The van der Waals surface area contributed by atoms with Crippen LogP contribution in [0.2, 0.25) is 0 Å². The third-order valence-electron chi connectivity index (χ3n) is 6.19. The van der Waals surface area contributed by atoms with Crippen LogP contribution in [0.15, 0.2) is 42.6 Å². The van der Waals surface area contributed by atoms with E-state index >= 15 is 0 Å². The number of aliphatic hydroxyl groups excluding tert-OH is 1. The van der Waals surface area contributed by atoms with Gasteiger partial charge in [0, 0.05) is 50.6 Å². The number of nitrogens with zero attached hydrogens (tertiary/aromatic N) is 3. The zero-order valence-corrected chi connectivity index (χ0v) is 19.6. The highest BCUT2D eigenvalue weighted by atomic mass is 16.5. The van der Waals surface area contributed by atoms with E-state index < -0.39 is 6.10 Å². The predicted octanol–water partition coefficient (Wildman–Crippen LogP) is 1.49. The number of carbonyl (C=O) groups excluding carboxylic acids is 1. The molecular weight excluding hydrogens is 450 g/mol. The summed E-state index contributed by atoms with van der Waals surface area (Å²) >= 11 is 0. The van der Waals surface area contributed by atoms with Crippen LogP contribution in [-0.4, -0.2) is 78.5 Å². The number of fused-ring (bicyclic) bond motifs is 2. The van der Waals surface area contributed by atoms with Crippen LogP contribution in [0.1, 0.15) is 17.2 Å². The molecule has 1 saturated heterocycles. The van der Waals surface area contributed by atoms with Crippen LogP contribution in [0.25, 0.3) is 11.0 Å². The minimum Gasteiger partial charge on any atom is -0.482 e. The first-order chi connectivity index (χ1) is 17.1. The lowest BCUT2D eigenvalue weighted by Crippen LogP contribution is -2.47. The average Bonchev–Trinajstić information content (AvgIpc) is 2.88. The lowest BCUT2D eigenvalue weighted by Gasteiger charge is -2.34. The molecule has 10 nitrogen and oxygen atoms in total. The lowest BCUT2D eigenvalue weighted by atomic mass is 10.1. The lowest BCUT2D eigenvalue weighted by molar-refractivity contribution is -0.118. The van der Waals surface area contributed by atoms with Gasteiger partial charge in [0.1, 0.15) is 5.75 Å². The highest BCUT2D eigenvalue weighted by Crippen LogP contribution is 2.28. The van der Waals surface area contributed by atoms with E-state index in [2.05, 4.69) is 25.5 Å². The van der Waals surface area contributed by atoms with E-state index in [0.717, 1.165) is 23.2 Å². The maximum Gasteiger partial charge on any atom is 0.262 e. The molecule has 35 heavy (non-hydrogen) atoms. The summed E-state index contributed by atoms with van der Waals surface area (Å²) in [5, 5.41) is 17.3. The summed E-state index contributed by atoms with van der Waals surface area (Å²) in [4.78, 5) is 22.6. The van der Waals surface area contributed by atoms with Crippen molar-refractivity contribution in [2.45, 2.75) is 18.8 Å². The van der Waals surface area contributed by atoms with Crippen LogP contribution < -0.4 is 20.1 Å². The number of carbonyl (C=O) groups is 1. The number of pyridine rings is 2. The van der Waals surface area contributed by atoms with E-state index in [4.69, 9.17) is 14.2 Å². The number of aromatic nitrogens is 2. The van der Waals surface area contributed by atoms with Gasteiger partial charge in [-0.2, -0.15) is 0 Å². The molecule has 4 heterocycles. The largest absolute Gasteiger partial charge is 0.482 e. The van der Waals surface area contributed by atoms with Crippen LogP contribution >= 0.6 is 0 Å². The van der Waals surface area contributed by atoms with Gasteiger partial charge in [-0.15, -0.1) is 0 Å². The molecule has 0 radical (unpaired) electrons. The summed E-state index contributed by atoms with van der Waals surface area (Å²) in [6, 6.07) is 11.2. The predicted molar refractivity (Wildman–Crippen MR) is 130 cm³/mol. The second-order valence-electron chi connectivity index (χ2n) is 8.69. The van der Waals surface area contributed by atoms with Gasteiger partial charge in [0.2, 0.25) is 5.88 Å².